The van der Waals surface area contributed by atoms with Crippen LogP contribution in [0.4, 0.5) is 0 Å². The summed E-state index contributed by atoms with van der Waals surface area (Å²) in [6.07, 6.45) is 11.3. The highest BCUT2D eigenvalue weighted by molar-refractivity contribution is 5.86. The van der Waals surface area contributed by atoms with Crippen LogP contribution in [-0.2, 0) is 15.3 Å². The lowest BCUT2D eigenvalue weighted by Crippen LogP contribution is -2.39. The minimum Gasteiger partial charge on any atom is -0.349 e. The van der Waals surface area contributed by atoms with E-state index in [1.807, 2.05) is 0 Å². The molecule has 2 aromatic carbocycles. The van der Waals surface area contributed by atoms with E-state index in [9.17, 15) is 0 Å². The van der Waals surface area contributed by atoms with Crippen LogP contribution >= 0.6 is 0 Å². The molecule has 0 aliphatic carbocycles. The Balaban J connectivity index is 2.26. The number of rotatable bonds is 13. The van der Waals surface area contributed by atoms with Crippen LogP contribution in [0.3, 0.4) is 0 Å². The van der Waals surface area contributed by atoms with Gasteiger partial charge in [-0.3, -0.25) is 0 Å². The van der Waals surface area contributed by atoms with Crippen molar-refractivity contribution in [2.45, 2.75) is 77.4 Å². The summed E-state index contributed by atoms with van der Waals surface area (Å²) in [6.45, 7) is 4.53. The minimum atomic E-state index is -0.680. The average molecular weight is 371 g/mol. The van der Waals surface area contributed by atoms with Gasteiger partial charge in [0.25, 0.3) is 0 Å². The van der Waals surface area contributed by atoms with Crippen LogP contribution in [0, 0.1) is 5.92 Å². The molecule has 2 nitrogen and oxygen atoms in total. The number of hydrogen-bond acceptors (Lipinski definition) is 2. The van der Waals surface area contributed by atoms with E-state index < -0.39 is 5.79 Å². The predicted molar refractivity (Wildman–Crippen MR) is 116 cm³/mol. The van der Waals surface area contributed by atoms with Gasteiger partial charge in [-0.2, -0.15) is 0 Å². The van der Waals surface area contributed by atoms with Crippen molar-refractivity contribution >= 4 is 10.8 Å². The summed E-state index contributed by atoms with van der Waals surface area (Å²) < 4.78 is 12.3. The summed E-state index contributed by atoms with van der Waals surface area (Å²) in [5, 5.41) is 2.47. The second-order valence-electron chi connectivity index (χ2n) is 7.64. The van der Waals surface area contributed by atoms with Crippen LogP contribution in [0.15, 0.2) is 42.5 Å². The Bertz CT molecular complexity index is 655. The van der Waals surface area contributed by atoms with Crippen molar-refractivity contribution in [2.75, 3.05) is 14.2 Å². The minimum absolute atomic E-state index is 0.356. The second kappa shape index (κ2) is 11.5. The molecular formula is C25H38O2. The van der Waals surface area contributed by atoms with Crippen molar-refractivity contribution in [3.63, 3.8) is 0 Å². The second-order valence-corrected chi connectivity index (χ2v) is 7.64. The van der Waals surface area contributed by atoms with Gasteiger partial charge < -0.3 is 9.47 Å². The Hall–Kier alpha value is -1.38. The molecule has 0 aliphatic rings. The SMILES string of the molecule is CCCCCCCCC(CCC)C(OC)(OC)c1cccc2ccccc12. The van der Waals surface area contributed by atoms with Gasteiger partial charge in [0.1, 0.15) is 0 Å². The standard InChI is InChI=1S/C25H38O2/c1-5-7-8-9-10-11-18-22(15-6-2)25(26-3,27-4)24-20-14-17-21-16-12-13-19-23(21)24/h12-14,16-17,19-20,22H,5-11,15,18H2,1-4H3. The fourth-order valence-electron chi connectivity index (χ4n) is 4.43. The van der Waals surface area contributed by atoms with Gasteiger partial charge >= 0.3 is 0 Å². The molecule has 1 unspecified atom stereocenters. The van der Waals surface area contributed by atoms with Gasteiger partial charge in [0.15, 0.2) is 5.79 Å². The molecule has 0 N–H and O–H groups in total. The summed E-state index contributed by atoms with van der Waals surface area (Å²) in [5.41, 5.74) is 1.16. The predicted octanol–water partition coefficient (Wildman–Crippen LogP) is 7.45. The topological polar surface area (TPSA) is 18.5 Å². The molecule has 27 heavy (non-hydrogen) atoms. The highest BCUT2D eigenvalue weighted by atomic mass is 16.7. The number of benzene rings is 2. The van der Waals surface area contributed by atoms with Gasteiger partial charge in [0.2, 0.25) is 0 Å². The first kappa shape index (κ1) is 21.9. The van der Waals surface area contributed by atoms with Crippen molar-refractivity contribution in [1.82, 2.24) is 0 Å². The molecule has 0 aliphatic heterocycles. The van der Waals surface area contributed by atoms with Crippen LogP contribution in [0.5, 0.6) is 0 Å². The molecule has 0 saturated carbocycles. The van der Waals surface area contributed by atoms with Crippen LogP contribution in [-0.4, -0.2) is 14.2 Å². The fraction of sp³-hybridized carbons (Fsp3) is 0.600. The lowest BCUT2D eigenvalue weighted by atomic mass is 9.82. The average Bonchev–Trinajstić information content (AvgIpc) is 2.72. The molecule has 2 heteroatoms. The molecule has 1 atom stereocenters. The largest absolute Gasteiger partial charge is 0.349 e. The molecular weight excluding hydrogens is 332 g/mol. The molecule has 0 spiro atoms. The molecule has 0 fully saturated rings. The highest BCUT2D eigenvalue weighted by Crippen LogP contribution is 2.42. The van der Waals surface area contributed by atoms with E-state index in [4.69, 9.17) is 9.47 Å². The molecule has 0 heterocycles. The third kappa shape index (κ3) is 5.33. The van der Waals surface area contributed by atoms with Crippen molar-refractivity contribution < 1.29 is 9.47 Å². The summed E-state index contributed by atoms with van der Waals surface area (Å²) in [7, 11) is 3.60. The molecule has 0 amide bonds. The normalized spacial score (nSPS) is 13.2. The van der Waals surface area contributed by atoms with E-state index in [-0.39, 0.29) is 0 Å². The van der Waals surface area contributed by atoms with Gasteiger partial charge in [-0.1, -0.05) is 101 Å². The Morgan fingerprint density at radius 2 is 1.41 bits per heavy atom. The van der Waals surface area contributed by atoms with E-state index in [2.05, 4.69) is 56.3 Å². The molecule has 0 radical (unpaired) electrons. The van der Waals surface area contributed by atoms with Crippen LogP contribution in [0.2, 0.25) is 0 Å². The maximum absolute atomic E-state index is 6.17. The highest BCUT2D eigenvalue weighted by Gasteiger charge is 2.41. The Kier molecular flexibility index (Phi) is 9.30. The van der Waals surface area contributed by atoms with Gasteiger partial charge in [-0.15, -0.1) is 0 Å². The van der Waals surface area contributed by atoms with E-state index >= 15 is 0 Å². The first-order chi connectivity index (χ1) is 13.2. The zero-order valence-corrected chi connectivity index (χ0v) is 17.8. The molecule has 2 aromatic rings. The van der Waals surface area contributed by atoms with E-state index in [0.717, 1.165) is 24.8 Å². The summed E-state index contributed by atoms with van der Waals surface area (Å²) in [4.78, 5) is 0. The van der Waals surface area contributed by atoms with Crippen molar-refractivity contribution in [2.24, 2.45) is 5.92 Å². The van der Waals surface area contributed by atoms with Crippen molar-refractivity contribution in [3.8, 4) is 0 Å². The van der Waals surface area contributed by atoms with Crippen molar-refractivity contribution in [1.29, 1.82) is 0 Å². The summed E-state index contributed by atoms with van der Waals surface area (Å²) in [5.74, 6) is -0.324. The first-order valence-corrected chi connectivity index (χ1v) is 10.8. The zero-order valence-electron chi connectivity index (χ0n) is 17.8. The van der Waals surface area contributed by atoms with Crippen LogP contribution in [0.25, 0.3) is 10.8 Å². The van der Waals surface area contributed by atoms with E-state index in [0.29, 0.717) is 5.92 Å². The maximum Gasteiger partial charge on any atom is 0.197 e. The third-order valence-electron chi connectivity index (χ3n) is 5.85. The van der Waals surface area contributed by atoms with Crippen molar-refractivity contribution in [3.05, 3.63) is 48.0 Å². The fourth-order valence-corrected chi connectivity index (χ4v) is 4.43. The van der Waals surface area contributed by atoms with Crippen LogP contribution in [0.1, 0.15) is 77.2 Å². The summed E-state index contributed by atoms with van der Waals surface area (Å²) in [6, 6.07) is 15.0. The number of ether oxygens (including phenoxy) is 2. The molecule has 150 valence electrons. The van der Waals surface area contributed by atoms with E-state index in [1.165, 1.54) is 49.3 Å². The number of fused-ring (bicyclic) bond motifs is 1. The van der Waals surface area contributed by atoms with Gasteiger partial charge in [-0.05, 0) is 23.6 Å². The quantitative estimate of drug-likeness (QED) is 0.269. The molecule has 0 saturated heterocycles. The van der Waals surface area contributed by atoms with E-state index in [1.54, 1.807) is 14.2 Å². The molecule has 0 aromatic heterocycles. The van der Waals surface area contributed by atoms with Crippen LogP contribution < -0.4 is 0 Å². The molecule has 0 bridgehead atoms. The zero-order chi connectivity index (χ0) is 19.5. The lowest BCUT2D eigenvalue weighted by Gasteiger charge is -2.39. The number of hydrogen-bond donors (Lipinski definition) is 0. The van der Waals surface area contributed by atoms with Gasteiger partial charge in [-0.25, -0.2) is 0 Å². The Labute approximate surface area is 166 Å². The third-order valence-corrected chi connectivity index (χ3v) is 5.85. The molecule has 2 rings (SSSR count). The summed E-state index contributed by atoms with van der Waals surface area (Å²) >= 11 is 0. The number of unbranched alkanes of at least 4 members (excludes halogenated alkanes) is 5. The Morgan fingerprint density at radius 1 is 0.741 bits per heavy atom. The maximum atomic E-state index is 6.17. The monoisotopic (exact) mass is 370 g/mol. The Morgan fingerprint density at radius 3 is 2.11 bits per heavy atom. The van der Waals surface area contributed by atoms with Gasteiger partial charge in [0, 0.05) is 25.7 Å². The smallest absolute Gasteiger partial charge is 0.197 e. The lowest BCUT2D eigenvalue weighted by molar-refractivity contribution is -0.252. The number of methoxy groups -OCH3 is 2. The van der Waals surface area contributed by atoms with Gasteiger partial charge in [0.05, 0.1) is 0 Å². The first-order valence-electron chi connectivity index (χ1n) is 10.8.